The van der Waals surface area contributed by atoms with Crippen molar-refractivity contribution in [1.29, 1.82) is 0 Å². The van der Waals surface area contributed by atoms with Gasteiger partial charge in [-0.1, -0.05) is 12.8 Å². The second kappa shape index (κ2) is 4.19. The molecule has 14 heavy (non-hydrogen) atoms. The fourth-order valence-electron chi connectivity index (χ4n) is 2.86. The lowest BCUT2D eigenvalue weighted by Gasteiger charge is -2.39. The van der Waals surface area contributed by atoms with E-state index in [4.69, 9.17) is 5.73 Å². The van der Waals surface area contributed by atoms with Crippen LogP contribution in [-0.4, -0.2) is 30.1 Å². The summed E-state index contributed by atoms with van der Waals surface area (Å²) in [5.74, 6) is 0.967. The average molecular weight is 196 g/mol. The SMILES string of the molecule is CC(C1CC1)N(C)C1CCCCC1N. The summed E-state index contributed by atoms with van der Waals surface area (Å²) in [6.07, 6.45) is 8.13. The quantitative estimate of drug-likeness (QED) is 0.748. The Hall–Kier alpha value is -0.0800. The van der Waals surface area contributed by atoms with Gasteiger partial charge in [-0.25, -0.2) is 0 Å². The van der Waals surface area contributed by atoms with Crippen LogP contribution in [-0.2, 0) is 0 Å². The number of rotatable bonds is 3. The summed E-state index contributed by atoms with van der Waals surface area (Å²) in [5.41, 5.74) is 6.20. The van der Waals surface area contributed by atoms with E-state index >= 15 is 0 Å². The molecule has 2 aliphatic carbocycles. The summed E-state index contributed by atoms with van der Waals surface area (Å²) in [4.78, 5) is 2.56. The molecular weight excluding hydrogens is 172 g/mol. The topological polar surface area (TPSA) is 29.3 Å². The number of nitrogens with two attached hydrogens (primary N) is 1. The molecule has 0 aromatic rings. The molecule has 0 spiro atoms. The second-order valence-corrected chi connectivity index (χ2v) is 5.26. The highest BCUT2D eigenvalue weighted by Gasteiger charge is 2.35. The van der Waals surface area contributed by atoms with Crippen molar-refractivity contribution in [3.8, 4) is 0 Å². The number of likely N-dealkylation sites (N-methyl/N-ethyl adjacent to an activating group) is 1. The van der Waals surface area contributed by atoms with E-state index in [1.54, 1.807) is 0 Å². The average Bonchev–Trinajstić information content (AvgIpc) is 3.00. The minimum absolute atomic E-state index is 0.426. The summed E-state index contributed by atoms with van der Waals surface area (Å²) in [7, 11) is 2.28. The number of hydrogen-bond donors (Lipinski definition) is 1. The molecule has 0 heterocycles. The molecule has 0 amide bonds. The molecule has 2 nitrogen and oxygen atoms in total. The molecule has 2 aliphatic rings. The Bertz CT molecular complexity index is 189. The lowest BCUT2D eigenvalue weighted by Crippen LogP contribution is -2.51. The van der Waals surface area contributed by atoms with Crippen molar-refractivity contribution in [1.82, 2.24) is 4.90 Å². The molecular formula is C12H24N2. The molecule has 2 saturated carbocycles. The standard InChI is InChI=1S/C12H24N2/c1-9(10-7-8-10)14(2)12-6-4-3-5-11(12)13/h9-12H,3-8,13H2,1-2H3. The molecule has 2 rings (SSSR count). The Morgan fingerprint density at radius 3 is 2.36 bits per heavy atom. The summed E-state index contributed by atoms with van der Waals surface area (Å²) < 4.78 is 0. The van der Waals surface area contributed by atoms with E-state index in [2.05, 4.69) is 18.9 Å². The van der Waals surface area contributed by atoms with Gasteiger partial charge in [-0.3, -0.25) is 4.90 Å². The Morgan fingerprint density at radius 1 is 1.14 bits per heavy atom. The highest BCUT2D eigenvalue weighted by molar-refractivity contribution is 4.91. The van der Waals surface area contributed by atoms with Crippen LogP contribution in [0.2, 0.25) is 0 Å². The molecule has 82 valence electrons. The van der Waals surface area contributed by atoms with Gasteiger partial charge in [-0.15, -0.1) is 0 Å². The van der Waals surface area contributed by atoms with Gasteiger partial charge in [0, 0.05) is 18.1 Å². The molecule has 0 aromatic carbocycles. The minimum Gasteiger partial charge on any atom is -0.326 e. The first-order valence-electron chi connectivity index (χ1n) is 6.17. The maximum atomic E-state index is 6.20. The van der Waals surface area contributed by atoms with Crippen molar-refractivity contribution in [2.45, 2.75) is 63.6 Å². The van der Waals surface area contributed by atoms with E-state index < -0.39 is 0 Å². The van der Waals surface area contributed by atoms with Crippen LogP contribution in [0.5, 0.6) is 0 Å². The lowest BCUT2D eigenvalue weighted by atomic mass is 9.89. The van der Waals surface area contributed by atoms with E-state index in [9.17, 15) is 0 Å². The van der Waals surface area contributed by atoms with E-state index in [1.807, 2.05) is 0 Å². The molecule has 2 fully saturated rings. The zero-order valence-electron chi connectivity index (χ0n) is 9.58. The van der Waals surface area contributed by atoms with E-state index in [0.717, 1.165) is 12.0 Å². The molecule has 0 radical (unpaired) electrons. The smallest absolute Gasteiger partial charge is 0.0247 e. The molecule has 0 saturated heterocycles. The van der Waals surface area contributed by atoms with Crippen molar-refractivity contribution >= 4 is 0 Å². The molecule has 0 bridgehead atoms. The fourth-order valence-corrected chi connectivity index (χ4v) is 2.86. The van der Waals surface area contributed by atoms with Gasteiger partial charge in [0.1, 0.15) is 0 Å². The summed E-state index contributed by atoms with van der Waals surface area (Å²) in [6, 6.07) is 1.83. The summed E-state index contributed by atoms with van der Waals surface area (Å²) in [6.45, 7) is 2.37. The van der Waals surface area contributed by atoms with Crippen molar-refractivity contribution in [2.24, 2.45) is 11.7 Å². The zero-order chi connectivity index (χ0) is 10.1. The van der Waals surface area contributed by atoms with Crippen LogP contribution in [0.4, 0.5) is 0 Å². The first-order valence-corrected chi connectivity index (χ1v) is 6.17. The van der Waals surface area contributed by atoms with Gasteiger partial charge in [-0.2, -0.15) is 0 Å². The van der Waals surface area contributed by atoms with Crippen LogP contribution >= 0.6 is 0 Å². The normalized spacial score (nSPS) is 36.0. The zero-order valence-corrected chi connectivity index (χ0v) is 9.58. The third-order valence-corrected chi connectivity index (χ3v) is 4.25. The van der Waals surface area contributed by atoms with Crippen molar-refractivity contribution in [3.05, 3.63) is 0 Å². The van der Waals surface area contributed by atoms with Crippen LogP contribution in [0.3, 0.4) is 0 Å². The molecule has 2 heteroatoms. The second-order valence-electron chi connectivity index (χ2n) is 5.26. The van der Waals surface area contributed by atoms with E-state index in [1.165, 1.54) is 38.5 Å². The van der Waals surface area contributed by atoms with Crippen LogP contribution < -0.4 is 5.73 Å². The highest BCUT2D eigenvalue weighted by atomic mass is 15.2. The fraction of sp³-hybridized carbons (Fsp3) is 1.00. The van der Waals surface area contributed by atoms with Gasteiger partial charge < -0.3 is 5.73 Å². The summed E-state index contributed by atoms with van der Waals surface area (Å²) in [5, 5.41) is 0. The first-order chi connectivity index (χ1) is 6.70. The van der Waals surface area contributed by atoms with Gasteiger partial charge in [0.2, 0.25) is 0 Å². The van der Waals surface area contributed by atoms with Gasteiger partial charge in [0.15, 0.2) is 0 Å². The van der Waals surface area contributed by atoms with E-state index in [0.29, 0.717) is 12.1 Å². The Kier molecular flexibility index (Phi) is 3.13. The lowest BCUT2D eigenvalue weighted by molar-refractivity contribution is 0.117. The largest absolute Gasteiger partial charge is 0.326 e. The third kappa shape index (κ3) is 2.12. The first kappa shape index (κ1) is 10.4. The Balaban J connectivity index is 1.90. The maximum Gasteiger partial charge on any atom is 0.0247 e. The Labute approximate surface area is 87.8 Å². The van der Waals surface area contributed by atoms with Gasteiger partial charge in [0.05, 0.1) is 0 Å². The van der Waals surface area contributed by atoms with E-state index in [-0.39, 0.29) is 0 Å². The van der Waals surface area contributed by atoms with Crippen molar-refractivity contribution in [2.75, 3.05) is 7.05 Å². The predicted molar refractivity (Wildman–Crippen MR) is 60.2 cm³/mol. The van der Waals surface area contributed by atoms with Gasteiger partial charge >= 0.3 is 0 Å². The van der Waals surface area contributed by atoms with Crippen LogP contribution in [0, 0.1) is 5.92 Å². The number of hydrogen-bond acceptors (Lipinski definition) is 2. The Morgan fingerprint density at radius 2 is 1.79 bits per heavy atom. The van der Waals surface area contributed by atoms with Crippen LogP contribution in [0.25, 0.3) is 0 Å². The minimum atomic E-state index is 0.426. The van der Waals surface area contributed by atoms with Crippen molar-refractivity contribution < 1.29 is 0 Å². The molecule has 0 aromatic heterocycles. The monoisotopic (exact) mass is 196 g/mol. The third-order valence-electron chi connectivity index (χ3n) is 4.25. The molecule has 2 N–H and O–H groups in total. The predicted octanol–water partition coefficient (Wildman–Crippen LogP) is 1.99. The van der Waals surface area contributed by atoms with Crippen LogP contribution in [0.1, 0.15) is 45.4 Å². The highest BCUT2D eigenvalue weighted by Crippen LogP contribution is 2.36. The van der Waals surface area contributed by atoms with Gasteiger partial charge in [0.25, 0.3) is 0 Å². The maximum absolute atomic E-state index is 6.20. The van der Waals surface area contributed by atoms with Crippen molar-refractivity contribution in [3.63, 3.8) is 0 Å². The number of nitrogens with zero attached hydrogens (tertiary/aromatic N) is 1. The van der Waals surface area contributed by atoms with Crippen LogP contribution in [0.15, 0.2) is 0 Å². The molecule has 0 aliphatic heterocycles. The summed E-state index contributed by atoms with van der Waals surface area (Å²) >= 11 is 0. The molecule has 3 unspecified atom stereocenters. The van der Waals surface area contributed by atoms with Gasteiger partial charge in [-0.05, 0) is 45.6 Å². The molecule has 3 atom stereocenters.